The van der Waals surface area contributed by atoms with E-state index in [1.807, 2.05) is 30.3 Å². The third-order valence-electron chi connectivity index (χ3n) is 6.82. The number of fused-ring (bicyclic) bond motifs is 2. The van der Waals surface area contributed by atoms with Crippen molar-refractivity contribution in [2.75, 3.05) is 39.6 Å². The summed E-state index contributed by atoms with van der Waals surface area (Å²) in [5, 5.41) is 2.35. The molecule has 8 nitrogen and oxygen atoms in total. The fourth-order valence-corrected chi connectivity index (χ4v) is 4.81. The zero-order valence-corrected chi connectivity index (χ0v) is 26.0. The molecule has 3 rings (SSSR count). The van der Waals surface area contributed by atoms with Gasteiger partial charge < -0.3 is 28.4 Å². The molecule has 0 N–H and O–H groups in total. The predicted molar refractivity (Wildman–Crippen MR) is 168 cm³/mol. The smallest absolute Gasteiger partial charge is 0.330 e. The zero-order chi connectivity index (χ0) is 31.0. The average molecular weight is 615 g/mol. The number of hydrogen-bond donors (Lipinski definition) is 0. The molecule has 2 unspecified atom stereocenters. The second-order valence-corrected chi connectivity index (χ2v) is 10.7. The molecule has 2 aromatic carbocycles. The van der Waals surface area contributed by atoms with E-state index in [9.17, 15) is 9.59 Å². The van der Waals surface area contributed by atoms with Gasteiger partial charge in [-0.1, -0.05) is 81.8 Å². The highest BCUT2D eigenvalue weighted by Crippen LogP contribution is 2.44. The quantitative estimate of drug-likeness (QED) is 0.0931. The van der Waals surface area contributed by atoms with Crippen molar-refractivity contribution in [2.24, 2.45) is 0 Å². The van der Waals surface area contributed by atoms with E-state index >= 15 is 0 Å². The molecule has 0 bridgehead atoms. The minimum Gasteiger partial charge on any atom is -0.489 e. The normalized spacial score (nSPS) is 13.8. The van der Waals surface area contributed by atoms with Crippen molar-refractivity contribution in [1.82, 2.24) is 0 Å². The first-order valence-electron chi connectivity index (χ1n) is 14.9. The number of esters is 2. The van der Waals surface area contributed by atoms with Crippen LogP contribution in [0.5, 0.6) is 11.5 Å². The molecule has 2 aromatic rings. The largest absolute Gasteiger partial charge is 0.489 e. The van der Waals surface area contributed by atoms with Crippen molar-refractivity contribution in [3.8, 4) is 11.5 Å². The van der Waals surface area contributed by atoms with Crippen molar-refractivity contribution in [3.05, 3.63) is 71.8 Å². The van der Waals surface area contributed by atoms with Crippen LogP contribution in [0.4, 0.5) is 0 Å². The van der Waals surface area contributed by atoms with Gasteiger partial charge in [-0.05, 0) is 19.3 Å². The molecule has 0 fully saturated rings. The van der Waals surface area contributed by atoms with Crippen molar-refractivity contribution in [2.45, 2.75) is 64.6 Å². The van der Waals surface area contributed by atoms with Crippen LogP contribution in [0.1, 0.15) is 50.7 Å². The summed E-state index contributed by atoms with van der Waals surface area (Å²) < 4.78 is 35.4. The van der Waals surface area contributed by atoms with Crippen molar-refractivity contribution in [3.63, 3.8) is 0 Å². The topological polar surface area (TPSA) is 89.5 Å². The molecule has 0 saturated carbocycles. The van der Waals surface area contributed by atoms with Gasteiger partial charge in [-0.15, -0.1) is 0 Å². The highest BCUT2D eigenvalue weighted by atomic mass is 35.5. The molecule has 0 amide bonds. The van der Waals surface area contributed by atoms with Crippen molar-refractivity contribution >= 4 is 34.3 Å². The lowest BCUT2D eigenvalue weighted by Gasteiger charge is -2.26. The van der Waals surface area contributed by atoms with E-state index in [2.05, 4.69) is 27.0 Å². The van der Waals surface area contributed by atoms with Crippen LogP contribution in [0, 0.1) is 0 Å². The summed E-state index contributed by atoms with van der Waals surface area (Å²) in [6.07, 6.45) is 7.76. The molecule has 2 atom stereocenters. The van der Waals surface area contributed by atoms with Crippen molar-refractivity contribution < 1.29 is 38.0 Å². The van der Waals surface area contributed by atoms with Gasteiger partial charge in [0, 0.05) is 58.7 Å². The number of unbranched alkanes of at least 4 members (excludes halogenated alkanes) is 2. The number of carbonyl (C=O) groups excluding carboxylic acids is 2. The molecule has 0 spiro atoms. The third-order valence-corrected chi connectivity index (χ3v) is 7.11. The molecule has 234 valence electrons. The average Bonchev–Trinajstić information content (AvgIpc) is 3.02. The molecule has 0 heterocycles. The Balaban J connectivity index is 1.91. The highest BCUT2D eigenvalue weighted by molar-refractivity contribution is 6.30. The van der Waals surface area contributed by atoms with Gasteiger partial charge in [-0.2, -0.15) is 0 Å². The minimum absolute atomic E-state index is 0.0817. The number of benzene rings is 2. The molecule has 1 aliphatic rings. The maximum atomic E-state index is 12.0. The van der Waals surface area contributed by atoms with Gasteiger partial charge in [0.15, 0.2) is 12.2 Å². The van der Waals surface area contributed by atoms with Crippen LogP contribution in [0.3, 0.4) is 0 Å². The zero-order valence-electron chi connectivity index (χ0n) is 25.2. The maximum absolute atomic E-state index is 12.0. The highest BCUT2D eigenvalue weighted by Gasteiger charge is 2.26. The van der Waals surface area contributed by atoms with Gasteiger partial charge in [0.1, 0.15) is 24.7 Å². The number of hydrogen-bond acceptors (Lipinski definition) is 8. The number of allylic oxidation sites excluding steroid dienone is 2. The summed E-state index contributed by atoms with van der Waals surface area (Å²) in [7, 11) is 0. The van der Waals surface area contributed by atoms with E-state index in [0.717, 1.165) is 59.7 Å². The van der Waals surface area contributed by atoms with Gasteiger partial charge in [0.25, 0.3) is 0 Å². The Morgan fingerprint density at radius 3 is 1.77 bits per heavy atom. The van der Waals surface area contributed by atoms with Crippen LogP contribution in [-0.2, 0) is 41.4 Å². The van der Waals surface area contributed by atoms with Crippen LogP contribution in [-0.4, -0.2) is 63.8 Å². The van der Waals surface area contributed by atoms with E-state index in [-0.39, 0.29) is 26.4 Å². The lowest BCUT2D eigenvalue weighted by molar-refractivity contribution is -0.148. The third kappa shape index (κ3) is 10.4. The van der Waals surface area contributed by atoms with Crippen LogP contribution >= 0.6 is 11.6 Å². The number of ether oxygens (including phenoxy) is 6. The molecule has 1 aliphatic carbocycles. The van der Waals surface area contributed by atoms with E-state index in [0.29, 0.717) is 42.6 Å². The fraction of sp³-hybridized carbons (Fsp3) is 0.471. The van der Waals surface area contributed by atoms with Gasteiger partial charge in [-0.3, -0.25) is 0 Å². The molecule has 9 heteroatoms. The van der Waals surface area contributed by atoms with E-state index < -0.39 is 24.1 Å². The standard InChI is InChI=1S/C34H43ClO8/c1-5-9-17-38-20-25(42-31(36)7-3)22-40-33-27-13-11-12-14-28(27)34(30-19-24(35)15-16-29(30)33)41-23-26(43-32(37)8-4)21-39-18-10-6-2/h7-8,11-15,25-26H,3-6,9-10,16-23H2,1-2H3. The molecule has 0 saturated heterocycles. The molecular weight excluding hydrogens is 572 g/mol. The van der Waals surface area contributed by atoms with Gasteiger partial charge in [0.05, 0.1) is 13.2 Å². The van der Waals surface area contributed by atoms with Gasteiger partial charge in [0.2, 0.25) is 0 Å². The lowest BCUT2D eigenvalue weighted by atomic mass is 9.90. The molecule has 0 radical (unpaired) electrons. The fourth-order valence-electron chi connectivity index (χ4n) is 4.60. The van der Waals surface area contributed by atoms with Crippen LogP contribution in [0.2, 0.25) is 0 Å². The molecule has 0 aliphatic heterocycles. The monoisotopic (exact) mass is 614 g/mol. The lowest BCUT2D eigenvalue weighted by Crippen LogP contribution is -2.30. The maximum Gasteiger partial charge on any atom is 0.330 e. The van der Waals surface area contributed by atoms with E-state index in [1.54, 1.807) is 0 Å². The number of carbonyl (C=O) groups is 2. The van der Waals surface area contributed by atoms with Crippen LogP contribution < -0.4 is 9.47 Å². The second-order valence-electron chi connectivity index (χ2n) is 10.2. The number of halogens is 1. The summed E-state index contributed by atoms with van der Waals surface area (Å²) in [5.74, 6) is 0.238. The summed E-state index contributed by atoms with van der Waals surface area (Å²) >= 11 is 6.53. The van der Waals surface area contributed by atoms with Gasteiger partial charge in [-0.25, -0.2) is 9.59 Å². The first-order chi connectivity index (χ1) is 20.9. The Kier molecular flexibility index (Phi) is 14.6. The Bertz CT molecular complexity index is 1270. The number of rotatable bonds is 20. The SMILES string of the molecule is C=CC(=O)OC(COCCCC)COc1c2c(c(OCC(COCCCC)OC(=O)C=C)c3ccccc13)CC(Cl)=CC2. The Labute approximate surface area is 259 Å². The molecule has 43 heavy (non-hydrogen) atoms. The van der Waals surface area contributed by atoms with Gasteiger partial charge >= 0.3 is 11.9 Å². The summed E-state index contributed by atoms with van der Waals surface area (Å²) in [5.41, 5.74) is 1.82. The second kappa shape index (κ2) is 18.4. The van der Waals surface area contributed by atoms with Crippen LogP contribution in [0.25, 0.3) is 10.8 Å². The first kappa shape index (κ1) is 34.2. The van der Waals surface area contributed by atoms with Crippen LogP contribution in [0.15, 0.2) is 60.7 Å². The minimum atomic E-state index is -0.629. The van der Waals surface area contributed by atoms with Crippen molar-refractivity contribution in [1.29, 1.82) is 0 Å². The van der Waals surface area contributed by atoms with E-state index in [4.69, 9.17) is 40.0 Å². The van der Waals surface area contributed by atoms with E-state index in [1.165, 1.54) is 0 Å². The molecular formula is C34H43ClO8. The first-order valence-corrected chi connectivity index (χ1v) is 15.3. The summed E-state index contributed by atoms with van der Waals surface area (Å²) in [6.45, 7) is 12.9. The Morgan fingerprint density at radius 2 is 1.30 bits per heavy atom. The Hall–Kier alpha value is -3.33. The predicted octanol–water partition coefficient (Wildman–Crippen LogP) is 6.65. The Morgan fingerprint density at radius 1 is 0.814 bits per heavy atom. The summed E-state index contributed by atoms with van der Waals surface area (Å²) in [4.78, 5) is 24.1. The summed E-state index contributed by atoms with van der Waals surface area (Å²) in [6, 6.07) is 7.76. The molecule has 0 aromatic heterocycles.